The van der Waals surface area contributed by atoms with Crippen molar-refractivity contribution in [1.82, 2.24) is 0 Å². The lowest BCUT2D eigenvalue weighted by Crippen LogP contribution is -2.09. The molecule has 12 aromatic rings. The Hall–Kier alpha value is -5.24. The van der Waals surface area contributed by atoms with Crippen molar-refractivity contribution in [2.24, 2.45) is 0 Å². The maximum atomic E-state index is 2.38. The first-order valence-corrected chi connectivity index (χ1v) is 28.0. The Morgan fingerprint density at radius 3 is 0.656 bits per heavy atom. The molecule has 64 heavy (non-hydrogen) atoms. The van der Waals surface area contributed by atoms with Crippen LogP contribution in [0.5, 0.6) is 0 Å². The highest BCUT2D eigenvalue weighted by molar-refractivity contribution is 7.28. The standard InChI is InChI=1S/C54H33NS9/c1-4-43(56-31-1)46-25-28-52(62-46)49-22-19-40(59-49)34-7-13-37(14-8-34)55(38-15-9-35(10-16-38)41-20-23-50(60-41)53-29-26-47(63-53)44-5-2-32-57-44)39-17-11-36(12-18-39)42-21-24-51(61-42)54-30-27-48(64-54)45-6-3-33-58-45/h1-33H. The van der Waals surface area contributed by atoms with Gasteiger partial charge in [0, 0.05) is 90.2 Å². The maximum absolute atomic E-state index is 2.38. The van der Waals surface area contributed by atoms with E-state index in [2.05, 4.69) is 203 Å². The van der Waals surface area contributed by atoms with E-state index in [9.17, 15) is 0 Å². The number of rotatable bonds is 12. The summed E-state index contributed by atoms with van der Waals surface area (Å²) < 4.78 is 0. The molecule has 0 spiro atoms. The Bertz CT molecular complexity index is 3050. The van der Waals surface area contributed by atoms with Gasteiger partial charge in [0.25, 0.3) is 0 Å². The van der Waals surface area contributed by atoms with Gasteiger partial charge in [0.05, 0.1) is 0 Å². The number of nitrogens with zero attached hydrogens (tertiary/aromatic N) is 1. The predicted molar refractivity (Wildman–Crippen MR) is 291 cm³/mol. The zero-order chi connectivity index (χ0) is 42.4. The zero-order valence-electron chi connectivity index (χ0n) is 33.7. The highest BCUT2D eigenvalue weighted by Gasteiger charge is 2.17. The summed E-state index contributed by atoms with van der Waals surface area (Å²) in [5, 5.41) is 6.44. The molecule has 1 nitrogen and oxygen atoms in total. The number of anilines is 3. The van der Waals surface area contributed by atoms with E-state index in [0.29, 0.717) is 0 Å². The summed E-state index contributed by atoms with van der Waals surface area (Å²) in [5.74, 6) is 0. The highest BCUT2D eigenvalue weighted by Crippen LogP contribution is 2.46. The first-order valence-electron chi connectivity index (χ1n) is 20.5. The number of benzene rings is 3. The molecule has 0 aliphatic heterocycles. The summed E-state index contributed by atoms with van der Waals surface area (Å²) in [6, 6.07) is 67.4. The summed E-state index contributed by atoms with van der Waals surface area (Å²) in [5.41, 5.74) is 7.04. The lowest BCUT2D eigenvalue weighted by Gasteiger charge is -2.26. The summed E-state index contributed by atoms with van der Waals surface area (Å²) in [7, 11) is 0. The van der Waals surface area contributed by atoms with Gasteiger partial charge in [-0.1, -0.05) is 54.6 Å². The second-order valence-corrected chi connectivity index (χ2v) is 24.2. The van der Waals surface area contributed by atoms with Gasteiger partial charge in [0.2, 0.25) is 0 Å². The topological polar surface area (TPSA) is 3.24 Å². The molecule has 0 saturated carbocycles. The van der Waals surface area contributed by atoms with Crippen molar-refractivity contribution in [1.29, 1.82) is 0 Å². The van der Waals surface area contributed by atoms with Crippen LogP contribution in [0, 0.1) is 0 Å². The lowest BCUT2D eigenvalue weighted by molar-refractivity contribution is 1.28. The molecule has 0 radical (unpaired) electrons. The van der Waals surface area contributed by atoms with Gasteiger partial charge in [-0.25, -0.2) is 0 Å². The van der Waals surface area contributed by atoms with E-state index < -0.39 is 0 Å². The van der Waals surface area contributed by atoms with Crippen molar-refractivity contribution < 1.29 is 0 Å². The fourth-order valence-corrected chi connectivity index (χ4v) is 16.5. The zero-order valence-corrected chi connectivity index (χ0v) is 41.0. The normalized spacial score (nSPS) is 11.4. The molecule has 308 valence electrons. The van der Waals surface area contributed by atoms with Crippen molar-refractivity contribution in [3.63, 3.8) is 0 Å². The molecule has 0 atom stereocenters. The molecule has 0 unspecified atom stereocenters. The molecule has 0 N–H and O–H groups in total. The lowest BCUT2D eigenvalue weighted by atomic mass is 10.1. The van der Waals surface area contributed by atoms with Crippen molar-refractivity contribution in [2.45, 2.75) is 0 Å². The van der Waals surface area contributed by atoms with E-state index in [1.165, 1.54) is 89.8 Å². The first-order chi connectivity index (χ1) is 31.6. The van der Waals surface area contributed by atoms with Crippen molar-refractivity contribution >= 4 is 119 Å². The van der Waals surface area contributed by atoms with Crippen LogP contribution in [-0.2, 0) is 0 Å². The first kappa shape index (κ1) is 40.3. The van der Waals surface area contributed by atoms with Gasteiger partial charge in [-0.3, -0.25) is 0 Å². The van der Waals surface area contributed by atoms with Gasteiger partial charge in [-0.05, 0) is 160 Å². The minimum Gasteiger partial charge on any atom is -0.311 e. The quantitative estimate of drug-likeness (QED) is 0.118. The SMILES string of the molecule is c1csc(-c2ccc(-c3ccc(-c4ccc(N(c5ccc(-c6ccc(-c7ccc(-c8cccs8)s7)s6)cc5)c5ccc(-c6ccc(-c7ccc(-c8cccs8)s7)s6)cc5)cc4)s3)s2)c1. The average Bonchev–Trinajstić information content (AvgIpc) is 4.19. The summed E-state index contributed by atoms with van der Waals surface area (Å²) in [6.45, 7) is 0. The summed E-state index contributed by atoms with van der Waals surface area (Å²) in [6.07, 6.45) is 0. The molecule has 0 aliphatic carbocycles. The van der Waals surface area contributed by atoms with Gasteiger partial charge >= 0.3 is 0 Å². The van der Waals surface area contributed by atoms with Crippen LogP contribution in [0.3, 0.4) is 0 Å². The number of thiophene rings is 9. The van der Waals surface area contributed by atoms with E-state index in [1.54, 1.807) is 34.0 Å². The second kappa shape index (κ2) is 17.6. The molecule has 10 heteroatoms. The third kappa shape index (κ3) is 8.08. The Labute approximate surface area is 408 Å². The molecule has 0 bridgehead atoms. The summed E-state index contributed by atoms with van der Waals surface area (Å²) in [4.78, 5) is 22.0. The van der Waals surface area contributed by atoms with Gasteiger partial charge in [0.15, 0.2) is 0 Å². The second-order valence-electron chi connectivity index (χ2n) is 14.9. The van der Waals surface area contributed by atoms with Crippen LogP contribution in [0.25, 0.3) is 89.8 Å². The monoisotopic (exact) mass is 983 g/mol. The third-order valence-electron chi connectivity index (χ3n) is 10.9. The minimum atomic E-state index is 1.12. The Morgan fingerprint density at radius 2 is 0.422 bits per heavy atom. The molecule has 0 fully saturated rings. The minimum absolute atomic E-state index is 1.12. The van der Waals surface area contributed by atoms with Crippen LogP contribution in [0.2, 0.25) is 0 Å². The van der Waals surface area contributed by atoms with Crippen molar-refractivity contribution in [2.75, 3.05) is 4.90 Å². The Kier molecular flexibility index (Phi) is 11.1. The van der Waals surface area contributed by atoms with Crippen LogP contribution in [0.1, 0.15) is 0 Å². The third-order valence-corrected chi connectivity index (χ3v) is 21.3. The Balaban J connectivity index is 0.833. The average molecular weight is 984 g/mol. The van der Waals surface area contributed by atoms with Gasteiger partial charge in [-0.15, -0.1) is 102 Å². The fourth-order valence-electron chi connectivity index (χ4n) is 7.71. The van der Waals surface area contributed by atoms with Crippen molar-refractivity contribution in [3.8, 4) is 89.8 Å². The maximum Gasteiger partial charge on any atom is 0.0462 e. The molecule has 12 rings (SSSR count). The highest BCUT2D eigenvalue weighted by atomic mass is 32.1. The van der Waals surface area contributed by atoms with Crippen LogP contribution in [0.15, 0.2) is 198 Å². The van der Waals surface area contributed by atoms with E-state index in [4.69, 9.17) is 0 Å². The van der Waals surface area contributed by atoms with Gasteiger partial charge < -0.3 is 4.90 Å². The van der Waals surface area contributed by atoms with E-state index in [0.717, 1.165) is 17.1 Å². The Morgan fingerprint density at radius 1 is 0.203 bits per heavy atom. The van der Waals surface area contributed by atoms with E-state index >= 15 is 0 Å². The molecule has 0 aliphatic rings. The molecular formula is C54H33NS9. The number of hydrogen-bond donors (Lipinski definition) is 0. The fraction of sp³-hybridized carbons (Fsp3) is 0. The molecule has 9 aromatic heterocycles. The molecule has 3 aromatic carbocycles. The largest absolute Gasteiger partial charge is 0.311 e. The van der Waals surface area contributed by atoms with Gasteiger partial charge in [-0.2, -0.15) is 0 Å². The molecular weight excluding hydrogens is 951 g/mol. The van der Waals surface area contributed by atoms with E-state index in [1.807, 2.05) is 68.0 Å². The van der Waals surface area contributed by atoms with Gasteiger partial charge in [0.1, 0.15) is 0 Å². The van der Waals surface area contributed by atoms with Crippen molar-refractivity contribution in [3.05, 3.63) is 198 Å². The summed E-state index contributed by atoms with van der Waals surface area (Å²) >= 11 is 16.6. The van der Waals surface area contributed by atoms with Crippen LogP contribution >= 0.6 is 102 Å². The number of hydrogen-bond acceptors (Lipinski definition) is 10. The molecule has 0 saturated heterocycles. The smallest absolute Gasteiger partial charge is 0.0462 e. The van der Waals surface area contributed by atoms with E-state index in [-0.39, 0.29) is 0 Å². The van der Waals surface area contributed by atoms with Crippen LogP contribution < -0.4 is 4.90 Å². The molecule has 0 amide bonds. The van der Waals surface area contributed by atoms with Crippen LogP contribution in [0.4, 0.5) is 17.1 Å². The molecule has 9 heterocycles. The van der Waals surface area contributed by atoms with Crippen LogP contribution in [-0.4, -0.2) is 0 Å². The predicted octanol–water partition coefficient (Wildman–Crippen LogP) is 20.7.